The van der Waals surface area contributed by atoms with Crippen LogP contribution < -0.4 is 15.4 Å². The van der Waals surface area contributed by atoms with Crippen molar-refractivity contribution in [1.29, 1.82) is 0 Å². The number of rotatable bonds is 8. The number of esters is 1. The van der Waals surface area contributed by atoms with Gasteiger partial charge in [0, 0.05) is 16.1 Å². The van der Waals surface area contributed by atoms with Crippen molar-refractivity contribution in [2.75, 3.05) is 17.2 Å². The predicted octanol–water partition coefficient (Wildman–Crippen LogP) is 5.77. The summed E-state index contributed by atoms with van der Waals surface area (Å²) >= 11 is 1.45. The van der Waals surface area contributed by atoms with Crippen LogP contribution in [0.15, 0.2) is 48.5 Å². The van der Waals surface area contributed by atoms with E-state index in [2.05, 4.69) is 10.6 Å². The van der Waals surface area contributed by atoms with Crippen molar-refractivity contribution in [3.63, 3.8) is 0 Å². The van der Waals surface area contributed by atoms with Gasteiger partial charge in [-0.15, -0.1) is 11.3 Å². The minimum absolute atomic E-state index is 0.270. The summed E-state index contributed by atoms with van der Waals surface area (Å²) in [6.45, 7) is 5.69. The van der Waals surface area contributed by atoms with Gasteiger partial charge in [0.1, 0.15) is 10.8 Å². The van der Waals surface area contributed by atoms with Gasteiger partial charge in [0.15, 0.2) is 6.10 Å². The molecule has 0 bridgehead atoms. The van der Waals surface area contributed by atoms with Gasteiger partial charge in [-0.05, 0) is 88.4 Å². The highest BCUT2D eigenvalue weighted by molar-refractivity contribution is 7.17. The molecular weight excluding hydrogens is 476 g/mol. The van der Waals surface area contributed by atoms with Gasteiger partial charge >= 0.3 is 5.97 Å². The molecule has 3 aromatic rings. The summed E-state index contributed by atoms with van der Waals surface area (Å²) in [5.41, 5.74) is 3.71. The van der Waals surface area contributed by atoms with Crippen LogP contribution in [0.25, 0.3) is 0 Å². The fourth-order valence-electron chi connectivity index (χ4n) is 4.07. The lowest BCUT2D eigenvalue weighted by molar-refractivity contribution is -0.122. The van der Waals surface area contributed by atoms with Gasteiger partial charge in [-0.3, -0.25) is 9.59 Å². The number of aryl methyl sites for hydroxylation is 2. The number of benzene rings is 2. The van der Waals surface area contributed by atoms with Crippen molar-refractivity contribution >= 4 is 39.8 Å². The van der Waals surface area contributed by atoms with E-state index in [1.165, 1.54) is 11.3 Å². The van der Waals surface area contributed by atoms with Crippen LogP contribution in [0.5, 0.6) is 5.75 Å². The SMILES string of the molecule is CCOC(=O)c1c(NC(=O)c2ccc(O[C@H](C)C(=O)Nc3ccc(C)cc3)cc2)sc2c1CCCC2. The van der Waals surface area contributed by atoms with Gasteiger partial charge in [0.25, 0.3) is 11.8 Å². The van der Waals surface area contributed by atoms with Crippen molar-refractivity contribution in [3.8, 4) is 5.75 Å². The molecule has 8 heteroatoms. The predicted molar refractivity (Wildman–Crippen MR) is 141 cm³/mol. The van der Waals surface area contributed by atoms with Gasteiger partial charge in [-0.25, -0.2) is 4.79 Å². The van der Waals surface area contributed by atoms with Crippen molar-refractivity contribution in [2.24, 2.45) is 0 Å². The van der Waals surface area contributed by atoms with E-state index in [0.29, 0.717) is 27.6 Å². The standard InChI is InChI=1S/C28H30N2O5S/c1-4-34-28(33)24-22-7-5-6-8-23(22)36-27(24)30-26(32)19-11-15-21(16-12-19)35-18(3)25(31)29-20-13-9-17(2)10-14-20/h9-16,18H,4-8H2,1-3H3,(H,29,31)(H,30,32)/t18-/m1/s1. The van der Waals surface area contributed by atoms with Crippen LogP contribution in [-0.4, -0.2) is 30.5 Å². The molecule has 0 saturated carbocycles. The second-order valence-electron chi connectivity index (χ2n) is 8.73. The van der Waals surface area contributed by atoms with Crippen molar-refractivity contribution < 1.29 is 23.9 Å². The number of amides is 2. The molecule has 1 aromatic heterocycles. The number of anilines is 2. The number of carbonyl (C=O) groups excluding carboxylic acids is 3. The van der Waals surface area contributed by atoms with Crippen molar-refractivity contribution in [2.45, 2.75) is 52.6 Å². The van der Waals surface area contributed by atoms with Gasteiger partial charge in [0.05, 0.1) is 12.2 Å². The number of hydrogen-bond donors (Lipinski definition) is 2. The lowest BCUT2D eigenvalue weighted by Crippen LogP contribution is -2.30. The molecule has 2 N–H and O–H groups in total. The van der Waals surface area contributed by atoms with E-state index in [0.717, 1.165) is 41.7 Å². The van der Waals surface area contributed by atoms with Crippen LogP contribution in [0.4, 0.5) is 10.7 Å². The number of fused-ring (bicyclic) bond motifs is 1. The molecule has 2 amide bonds. The molecule has 0 aliphatic heterocycles. The summed E-state index contributed by atoms with van der Waals surface area (Å²) in [7, 11) is 0. The first-order chi connectivity index (χ1) is 17.4. The summed E-state index contributed by atoms with van der Waals surface area (Å²) in [6.07, 6.45) is 3.09. The molecular formula is C28H30N2O5S. The Morgan fingerprint density at radius 3 is 2.36 bits per heavy atom. The highest BCUT2D eigenvalue weighted by atomic mass is 32.1. The molecule has 188 valence electrons. The Kier molecular flexibility index (Phi) is 8.05. The summed E-state index contributed by atoms with van der Waals surface area (Å²) in [6, 6.07) is 14.1. The third-order valence-electron chi connectivity index (χ3n) is 6.00. The number of nitrogens with one attached hydrogen (secondary N) is 2. The van der Waals surface area contributed by atoms with Gasteiger partial charge in [-0.1, -0.05) is 17.7 Å². The Bertz CT molecular complexity index is 1250. The number of ether oxygens (including phenoxy) is 2. The summed E-state index contributed by atoms with van der Waals surface area (Å²) in [4.78, 5) is 39.2. The Hall–Kier alpha value is -3.65. The second kappa shape index (κ2) is 11.4. The normalized spacial score (nSPS) is 13.3. The fourth-order valence-corrected chi connectivity index (χ4v) is 5.34. The van der Waals surface area contributed by atoms with Crippen LogP contribution in [0, 0.1) is 6.92 Å². The van der Waals surface area contributed by atoms with Crippen LogP contribution in [0.3, 0.4) is 0 Å². The Balaban J connectivity index is 1.41. The summed E-state index contributed by atoms with van der Waals surface area (Å²) in [5.74, 6) is -0.518. The maximum Gasteiger partial charge on any atom is 0.341 e. The largest absolute Gasteiger partial charge is 0.481 e. The number of thiophene rings is 1. The molecule has 2 aromatic carbocycles. The Morgan fingerprint density at radius 1 is 0.972 bits per heavy atom. The zero-order chi connectivity index (χ0) is 25.7. The topological polar surface area (TPSA) is 93.7 Å². The van der Waals surface area contributed by atoms with E-state index >= 15 is 0 Å². The molecule has 4 rings (SSSR count). The zero-order valence-corrected chi connectivity index (χ0v) is 21.5. The molecule has 36 heavy (non-hydrogen) atoms. The van der Waals surface area contributed by atoms with Crippen molar-refractivity contribution in [1.82, 2.24) is 0 Å². The molecule has 0 radical (unpaired) electrons. The molecule has 0 fully saturated rings. The quantitative estimate of drug-likeness (QED) is 0.378. The molecule has 1 atom stereocenters. The van der Waals surface area contributed by atoms with Gasteiger partial charge in [0.2, 0.25) is 0 Å². The van der Waals surface area contributed by atoms with Crippen LogP contribution >= 0.6 is 11.3 Å². The lowest BCUT2D eigenvalue weighted by Gasteiger charge is -2.15. The minimum atomic E-state index is -0.726. The lowest BCUT2D eigenvalue weighted by atomic mass is 9.95. The molecule has 0 unspecified atom stereocenters. The molecule has 1 heterocycles. The van der Waals surface area contributed by atoms with E-state index in [1.807, 2.05) is 31.2 Å². The highest BCUT2D eigenvalue weighted by Gasteiger charge is 2.27. The molecule has 1 aliphatic carbocycles. The Morgan fingerprint density at radius 2 is 1.67 bits per heavy atom. The average Bonchev–Trinajstić information content (AvgIpc) is 3.23. The zero-order valence-electron chi connectivity index (χ0n) is 20.7. The first-order valence-corrected chi connectivity index (χ1v) is 12.9. The average molecular weight is 507 g/mol. The third-order valence-corrected chi connectivity index (χ3v) is 7.20. The molecule has 1 aliphatic rings. The molecule has 0 spiro atoms. The highest BCUT2D eigenvalue weighted by Crippen LogP contribution is 2.38. The molecule has 0 saturated heterocycles. The second-order valence-corrected chi connectivity index (χ2v) is 9.83. The van der Waals surface area contributed by atoms with Gasteiger partial charge < -0.3 is 20.1 Å². The van der Waals surface area contributed by atoms with E-state index in [4.69, 9.17) is 9.47 Å². The summed E-state index contributed by atoms with van der Waals surface area (Å²) in [5, 5.41) is 6.27. The van der Waals surface area contributed by atoms with Crippen molar-refractivity contribution in [3.05, 3.63) is 75.7 Å². The van der Waals surface area contributed by atoms with E-state index < -0.39 is 12.1 Å². The molecule has 7 nitrogen and oxygen atoms in total. The maximum absolute atomic E-state index is 13.0. The first kappa shape index (κ1) is 25.4. The first-order valence-electron chi connectivity index (χ1n) is 12.1. The van der Waals surface area contributed by atoms with Gasteiger partial charge in [-0.2, -0.15) is 0 Å². The maximum atomic E-state index is 13.0. The van der Waals surface area contributed by atoms with E-state index in [1.54, 1.807) is 38.1 Å². The number of hydrogen-bond acceptors (Lipinski definition) is 6. The third kappa shape index (κ3) is 5.94. The minimum Gasteiger partial charge on any atom is -0.481 e. The smallest absolute Gasteiger partial charge is 0.341 e. The Labute approximate surface area is 214 Å². The van der Waals surface area contributed by atoms with E-state index in [-0.39, 0.29) is 18.4 Å². The fraction of sp³-hybridized carbons (Fsp3) is 0.321. The van der Waals surface area contributed by atoms with Crippen LogP contribution in [0.2, 0.25) is 0 Å². The summed E-state index contributed by atoms with van der Waals surface area (Å²) < 4.78 is 11.0. The monoisotopic (exact) mass is 506 g/mol. The number of carbonyl (C=O) groups is 3. The van der Waals surface area contributed by atoms with Crippen LogP contribution in [0.1, 0.15) is 63.4 Å². The van der Waals surface area contributed by atoms with E-state index in [9.17, 15) is 14.4 Å². The van der Waals surface area contributed by atoms with Crippen LogP contribution in [-0.2, 0) is 22.4 Å².